The highest BCUT2D eigenvalue weighted by Crippen LogP contribution is 2.37. The number of carbonyl (C=O) groups is 1. The van der Waals surface area contributed by atoms with Crippen LogP contribution in [0.15, 0.2) is 35.3 Å². The van der Waals surface area contributed by atoms with Crippen LogP contribution >= 0.6 is 0 Å². The number of amides is 1. The van der Waals surface area contributed by atoms with Crippen LogP contribution in [0.3, 0.4) is 0 Å². The first-order chi connectivity index (χ1) is 12.2. The molecular formula is C19H21N3O3. The van der Waals surface area contributed by atoms with Crippen LogP contribution in [-0.4, -0.2) is 34.4 Å². The van der Waals surface area contributed by atoms with Crippen LogP contribution in [-0.2, 0) is 0 Å². The Bertz CT molecular complexity index is 857. The maximum absolute atomic E-state index is 12.9. The van der Waals surface area contributed by atoms with E-state index in [2.05, 4.69) is 9.97 Å². The second-order valence-corrected chi connectivity index (χ2v) is 6.72. The van der Waals surface area contributed by atoms with Gasteiger partial charge in [0.2, 0.25) is 0 Å². The largest absolute Gasteiger partial charge is 0.497 e. The Morgan fingerprint density at radius 1 is 1.32 bits per heavy atom. The van der Waals surface area contributed by atoms with Gasteiger partial charge in [0.15, 0.2) is 0 Å². The Balaban J connectivity index is 1.61. The first kappa shape index (κ1) is 15.9. The van der Waals surface area contributed by atoms with Gasteiger partial charge in [-0.25, -0.2) is 4.98 Å². The summed E-state index contributed by atoms with van der Waals surface area (Å²) in [5, 5.41) is 0. The third kappa shape index (κ3) is 3.04. The molecule has 6 nitrogen and oxygen atoms in total. The number of nitrogens with one attached hydrogen (secondary N) is 1. The predicted molar refractivity (Wildman–Crippen MR) is 92.8 cm³/mol. The molecule has 1 unspecified atom stereocenters. The van der Waals surface area contributed by atoms with Crippen molar-refractivity contribution in [2.24, 2.45) is 0 Å². The Kier molecular flexibility index (Phi) is 4.03. The third-order valence-electron chi connectivity index (χ3n) is 5.01. The highest BCUT2D eigenvalue weighted by molar-refractivity contribution is 5.94. The minimum atomic E-state index is -0.335. The maximum Gasteiger partial charge on any atom is 0.263 e. The van der Waals surface area contributed by atoms with Crippen LogP contribution in [0.2, 0.25) is 0 Å². The summed E-state index contributed by atoms with van der Waals surface area (Å²) in [5.74, 6) is 1.58. The molecule has 0 bridgehead atoms. The number of benzene rings is 1. The number of nitrogens with zero attached hydrogens (tertiary/aromatic N) is 2. The van der Waals surface area contributed by atoms with Gasteiger partial charge in [-0.2, -0.15) is 0 Å². The summed E-state index contributed by atoms with van der Waals surface area (Å²) in [6.45, 7) is 0.643. The predicted octanol–water partition coefficient (Wildman–Crippen LogP) is 2.63. The second-order valence-electron chi connectivity index (χ2n) is 6.72. The summed E-state index contributed by atoms with van der Waals surface area (Å²) in [6, 6.07) is 7.72. The summed E-state index contributed by atoms with van der Waals surface area (Å²) in [6.07, 6.45) is 5.35. The lowest BCUT2D eigenvalue weighted by Gasteiger charge is -2.25. The van der Waals surface area contributed by atoms with E-state index in [9.17, 15) is 9.59 Å². The summed E-state index contributed by atoms with van der Waals surface area (Å²) < 4.78 is 5.29. The van der Waals surface area contributed by atoms with Crippen molar-refractivity contribution in [2.45, 2.75) is 37.6 Å². The molecule has 1 saturated carbocycles. The van der Waals surface area contributed by atoms with Gasteiger partial charge in [0.05, 0.1) is 13.2 Å². The average Bonchev–Trinajstić information content (AvgIpc) is 3.37. The van der Waals surface area contributed by atoms with Gasteiger partial charge < -0.3 is 14.6 Å². The summed E-state index contributed by atoms with van der Waals surface area (Å²) >= 11 is 0. The Morgan fingerprint density at radius 2 is 2.16 bits per heavy atom. The Morgan fingerprint density at radius 3 is 2.88 bits per heavy atom. The van der Waals surface area contributed by atoms with Crippen LogP contribution in [0, 0.1) is 0 Å². The normalized spacial score (nSPS) is 19.9. The van der Waals surface area contributed by atoms with Crippen LogP contribution in [0.4, 0.5) is 0 Å². The molecule has 2 aromatic rings. The third-order valence-corrected chi connectivity index (χ3v) is 5.01. The highest BCUT2D eigenvalue weighted by atomic mass is 16.5. The molecule has 1 N–H and O–H groups in total. The topological polar surface area (TPSA) is 75.3 Å². The first-order valence-corrected chi connectivity index (χ1v) is 8.71. The van der Waals surface area contributed by atoms with E-state index < -0.39 is 0 Å². The minimum absolute atomic E-state index is 0.0369. The number of hydrogen-bond donors (Lipinski definition) is 1. The lowest BCUT2D eigenvalue weighted by molar-refractivity contribution is 0.0733. The van der Waals surface area contributed by atoms with Gasteiger partial charge in [-0.05, 0) is 43.4 Å². The van der Waals surface area contributed by atoms with Crippen molar-refractivity contribution in [2.75, 3.05) is 13.7 Å². The van der Waals surface area contributed by atoms with E-state index >= 15 is 0 Å². The van der Waals surface area contributed by atoms with Crippen molar-refractivity contribution in [3.8, 4) is 5.75 Å². The zero-order chi connectivity index (χ0) is 17.4. The van der Waals surface area contributed by atoms with E-state index in [0.717, 1.165) is 37.0 Å². The van der Waals surface area contributed by atoms with Crippen LogP contribution in [0.1, 0.15) is 59.4 Å². The van der Waals surface area contributed by atoms with Crippen molar-refractivity contribution in [3.63, 3.8) is 0 Å². The molecule has 1 aliphatic heterocycles. The Labute approximate surface area is 145 Å². The quantitative estimate of drug-likeness (QED) is 0.929. The van der Waals surface area contributed by atoms with Gasteiger partial charge in [-0.3, -0.25) is 9.59 Å². The molecule has 2 fully saturated rings. The molecule has 0 radical (unpaired) electrons. The van der Waals surface area contributed by atoms with E-state index in [4.69, 9.17) is 4.74 Å². The van der Waals surface area contributed by atoms with Gasteiger partial charge in [0, 0.05) is 18.7 Å². The summed E-state index contributed by atoms with van der Waals surface area (Å²) in [5.41, 5.74) is 0.821. The fourth-order valence-corrected chi connectivity index (χ4v) is 3.49. The average molecular weight is 339 g/mol. The number of aromatic nitrogens is 2. The van der Waals surface area contributed by atoms with Crippen molar-refractivity contribution < 1.29 is 9.53 Å². The smallest absolute Gasteiger partial charge is 0.263 e. The van der Waals surface area contributed by atoms with Crippen molar-refractivity contribution >= 4 is 5.91 Å². The zero-order valence-electron chi connectivity index (χ0n) is 14.2. The van der Waals surface area contributed by atoms with Gasteiger partial charge in [0.25, 0.3) is 11.5 Å². The molecular weight excluding hydrogens is 318 g/mol. The van der Waals surface area contributed by atoms with E-state index in [-0.39, 0.29) is 23.1 Å². The van der Waals surface area contributed by atoms with Crippen molar-refractivity contribution in [3.05, 3.63) is 57.8 Å². The lowest BCUT2D eigenvalue weighted by Crippen LogP contribution is -2.35. The zero-order valence-corrected chi connectivity index (χ0v) is 14.2. The number of rotatable bonds is 4. The number of ether oxygens (including phenoxy) is 1. The standard InChI is InChI=1S/C19H21N3O3/c1-25-14-5-2-4-13(10-14)16-6-3-9-22(16)19(24)15-11-20-17(12-7-8-12)21-18(15)23/h2,4-5,10-12,16H,3,6-9H2,1H3,(H,20,21,23). The van der Waals surface area contributed by atoms with E-state index in [1.807, 2.05) is 24.3 Å². The van der Waals surface area contributed by atoms with Crippen LogP contribution < -0.4 is 10.3 Å². The number of H-pyrrole nitrogens is 1. The van der Waals surface area contributed by atoms with Gasteiger partial charge in [-0.1, -0.05) is 12.1 Å². The fraction of sp³-hybridized carbons (Fsp3) is 0.421. The van der Waals surface area contributed by atoms with Crippen LogP contribution in [0.25, 0.3) is 0 Å². The molecule has 1 saturated heterocycles. The minimum Gasteiger partial charge on any atom is -0.497 e. The molecule has 4 rings (SSSR count). The number of hydrogen-bond acceptors (Lipinski definition) is 4. The fourth-order valence-electron chi connectivity index (χ4n) is 3.49. The molecule has 1 aromatic carbocycles. The van der Waals surface area contributed by atoms with Crippen molar-refractivity contribution in [1.82, 2.24) is 14.9 Å². The van der Waals surface area contributed by atoms with Gasteiger partial charge in [-0.15, -0.1) is 0 Å². The summed E-state index contributed by atoms with van der Waals surface area (Å²) in [4.78, 5) is 34.1. The Hall–Kier alpha value is -2.63. The van der Waals surface area contributed by atoms with E-state index in [0.29, 0.717) is 18.3 Å². The second kappa shape index (κ2) is 6.35. The number of methoxy groups -OCH3 is 1. The molecule has 1 aromatic heterocycles. The number of aromatic amines is 1. The number of likely N-dealkylation sites (tertiary alicyclic amines) is 1. The molecule has 6 heteroatoms. The molecule has 130 valence electrons. The molecule has 25 heavy (non-hydrogen) atoms. The molecule has 2 aliphatic rings. The SMILES string of the molecule is COc1cccc(C2CCCN2C(=O)c2cnc(C3CC3)[nH]c2=O)c1. The molecule has 1 aliphatic carbocycles. The summed E-state index contributed by atoms with van der Waals surface area (Å²) in [7, 11) is 1.63. The van der Waals surface area contributed by atoms with Gasteiger partial charge in [0.1, 0.15) is 17.1 Å². The molecule has 1 amide bonds. The number of carbonyl (C=O) groups excluding carboxylic acids is 1. The lowest BCUT2D eigenvalue weighted by atomic mass is 10.0. The molecule has 1 atom stereocenters. The van der Waals surface area contributed by atoms with Gasteiger partial charge >= 0.3 is 0 Å². The molecule has 2 heterocycles. The van der Waals surface area contributed by atoms with E-state index in [1.54, 1.807) is 12.0 Å². The molecule has 0 spiro atoms. The van der Waals surface area contributed by atoms with Crippen LogP contribution in [0.5, 0.6) is 5.75 Å². The highest BCUT2D eigenvalue weighted by Gasteiger charge is 2.33. The van der Waals surface area contributed by atoms with E-state index in [1.165, 1.54) is 6.20 Å². The monoisotopic (exact) mass is 339 g/mol. The maximum atomic E-state index is 12.9. The first-order valence-electron chi connectivity index (χ1n) is 8.71. The van der Waals surface area contributed by atoms with Crippen molar-refractivity contribution in [1.29, 1.82) is 0 Å².